The number of amides is 2. The molecule has 0 radical (unpaired) electrons. The fourth-order valence-electron chi connectivity index (χ4n) is 7.19. The third kappa shape index (κ3) is 7.42. The maximum Gasteiger partial charge on any atom is 0.274 e. The molecule has 0 spiro atoms. The zero-order valence-corrected chi connectivity index (χ0v) is 29.4. The van der Waals surface area contributed by atoms with E-state index in [1.54, 1.807) is 6.07 Å². The van der Waals surface area contributed by atoms with Crippen LogP contribution >= 0.6 is 11.6 Å². The van der Waals surface area contributed by atoms with E-state index in [9.17, 15) is 9.59 Å². The lowest BCUT2D eigenvalue weighted by Crippen LogP contribution is -2.36. The molecular formula is C40H45ClN6O2. The zero-order chi connectivity index (χ0) is 34.1. The molecule has 2 N–H and O–H groups in total. The molecule has 2 aromatic carbocycles. The van der Waals surface area contributed by atoms with Crippen molar-refractivity contribution in [3.05, 3.63) is 105 Å². The maximum absolute atomic E-state index is 13.6. The second-order valence-electron chi connectivity index (χ2n) is 14.1. The molecule has 254 valence electrons. The minimum absolute atomic E-state index is 0.228. The lowest BCUT2D eigenvalue weighted by Gasteiger charge is -2.31. The van der Waals surface area contributed by atoms with Crippen LogP contribution < -0.4 is 10.6 Å². The Morgan fingerprint density at radius 2 is 1.53 bits per heavy atom. The van der Waals surface area contributed by atoms with Crippen LogP contribution in [0.15, 0.2) is 60.9 Å². The number of carbonyl (C=O) groups excluding carboxylic acids is 2. The Labute approximate surface area is 294 Å². The predicted molar refractivity (Wildman–Crippen MR) is 196 cm³/mol. The van der Waals surface area contributed by atoms with Crippen LogP contribution in [0.2, 0.25) is 5.02 Å². The minimum Gasteiger partial charge on any atom is -0.320 e. The molecule has 3 aliphatic rings. The van der Waals surface area contributed by atoms with Crippen molar-refractivity contribution in [1.82, 2.24) is 19.8 Å². The number of aromatic nitrogens is 2. The Kier molecular flexibility index (Phi) is 9.81. The van der Waals surface area contributed by atoms with E-state index >= 15 is 0 Å². The van der Waals surface area contributed by atoms with Gasteiger partial charge in [0.05, 0.1) is 10.7 Å². The summed E-state index contributed by atoms with van der Waals surface area (Å²) in [5.74, 6) is -0.00727. The van der Waals surface area contributed by atoms with E-state index in [-0.39, 0.29) is 11.8 Å². The number of hydrogen-bond acceptors (Lipinski definition) is 6. The zero-order valence-electron chi connectivity index (χ0n) is 28.7. The molecule has 9 heteroatoms. The number of fused-ring (bicyclic) bond motifs is 1. The topological polar surface area (TPSA) is 90.5 Å². The molecule has 0 atom stereocenters. The molecule has 4 aromatic rings. The Balaban J connectivity index is 1.07. The van der Waals surface area contributed by atoms with E-state index < -0.39 is 0 Å². The maximum atomic E-state index is 13.6. The third-order valence-corrected chi connectivity index (χ3v) is 10.7. The summed E-state index contributed by atoms with van der Waals surface area (Å²) in [4.78, 5) is 40.9. The molecule has 1 aliphatic carbocycles. The van der Waals surface area contributed by atoms with Gasteiger partial charge in [0.15, 0.2) is 0 Å². The van der Waals surface area contributed by atoms with Gasteiger partial charge in [-0.1, -0.05) is 42.3 Å². The van der Waals surface area contributed by atoms with Crippen molar-refractivity contribution >= 4 is 34.8 Å². The number of piperidine rings is 1. The highest BCUT2D eigenvalue weighted by Crippen LogP contribution is 2.42. The number of rotatable bonds is 9. The Morgan fingerprint density at radius 1 is 0.857 bits per heavy atom. The van der Waals surface area contributed by atoms with Crippen molar-refractivity contribution in [2.24, 2.45) is 0 Å². The predicted octanol–water partition coefficient (Wildman–Crippen LogP) is 8.24. The lowest BCUT2D eigenvalue weighted by molar-refractivity contribution is 0.101. The SMILES string of the molecule is Cc1c(NC(=O)c2cc(C3CC3)c(CN3CCCCC3)cn2)cccc1-c1cccc(NC(=O)c2cc3c(cn2)CN(C(C)C)CC3)c1Cl. The van der Waals surface area contributed by atoms with Crippen LogP contribution in [0, 0.1) is 6.92 Å². The van der Waals surface area contributed by atoms with Crippen LogP contribution in [0.4, 0.5) is 11.4 Å². The fraction of sp³-hybridized carbons (Fsp3) is 0.400. The number of pyridine rings is 2. The molecule has 2 amide bonds. The van der Waals surface area contributed by atoms with E-state index in [1.165, 1.54) is 54.4 Å². The van der Waals surface area contributed by atoms with E-state index in [0.717, 1.165) is 55.8 Å². The molecule has 49 heavy (non-hydrogen) atoms. The van der Waals surface area contributed by atoms with Gasteiger partial charge in [0.2, 0.25) is 0 Å². The van der Waals surface area contributed by atoms with Crippen LogP contribution in [0.1, 0.15) is 101 Å². The molecule has 2 aliphatic heterocycles. The summed E-state index contributed by atoms with van der Waals surface area (Å²) in [5.41, 5.74) is 9.35. The fourth-order valence-corrected chi connectivity index (χ4v) is 7.46. The van der Waals surface area contributed by atoms with Gasteiger partial charge in [-0.2, -0.15) is 0 Å². The van der Waals surface area contributed by atoms with Gasteiger partial charge in [0, 0.05) is 49.3 Å². The van der Waals surface area contributed by atoms with Gasteiger partial charge in [0.25, 0.3) is 11.8 Å². The van der Waals surface area contributed by atoms with Crippen LogP contribution in [-0.4, -0.2) is 57.3 Å². The minimum atomic E-state index is -0.300. The molecular weight excluding hydrogens is 632 g/mol. The Hall–Kier alpha value is -4.11. The van der Waals surface area contributed by atoms with Crippen molar-refractivity contribution in [3.63, 3.8) is 0 Å². The van der Waals surface area contributed by atoms with Gasteiger partial charge in [-0.25, -0.2) is 0 Å². The van der Waals surface area contributed by atoms with Gasteiger partial charge in [0.1, 0.15) is 11.4 Å². The summed E-state index contributed by atoms with van der Waals surface area (Å²) in [5, 5.41) is 6.52. The van der Waals surface area contributed by atoms with E-state index in [2.05, 4.69) is 44.2 Å². The molecule has 1 saturated heterocycles. The standard InChI is InChI=1S/C40H45ClN6O2/c1-25(2)47-18-15-28-19-36(42-21-29(28)24-47)39(48)45-35-12-8-10-32(38(35)41)31-9-7-11-34(26(31)3)44-40(49)37-20-33(27-13-14-27)30(22-43-37)23-46-16-5-4-6-17-46/h7-12,19-22,25,27H,4-6,13-18,23-24H2,1-3H3,(H,44,49)(H,45,48). The Bertz CT molecular complexity index is 1880. The van der Waals surface area contributed by atoms with Crippen molar-refractivity contribution in [2.75, 3.05) is 30.3 Å². The smallest absolute Gasteiger partial charge is 0.274 e. The molecule has 2 fully saturated rings. The van der Waals surface area contributed by atoms with E-state index in [4.69, 9.17) is 11.6 Å². The molecule has 0 bridgehead atoms. The first-order valence-electron chi connectivity index (χ1n) is 17.7. The van der Waals surface area contributed by atoms with Crippen LogP contribution in [0.5, 0.6) is 0 Å². The average molecular weight is 677 g/mol. The summed E-state index contributed by atoms with van der Waals surface area (Å²) in [6, 6.07) is 15.7. The van der Waals surface area contributed by atoms with Gasteiger partial charge < -0.3 is 10.6 Å². The summed E-state index contributed by atoms with van der Waals surface area (Å²) in [7, 11) is 0. The average Bonchev–Trinajstić information content (AvgIpc) is 3.96. The van der Waals surface area contributed by atoms with Crippen molar-refractivity contribution in [3.8, 4) is 11.1 Å². The van der Waals surface area contributed by atoms with Crippen molar-refractivity contribution < 1.29 is 9.59 Å². The molecule has 2 aromatic heterocycles. The number of benzene rings is 2. The summed E-state index contributed by atoms with van der Waals surface area (Å²) in [6.07, 6.45) is 10.8. The van der Waals surface area contributed by atoms with Gasteiger partial charge in [-0.15, -0.1) is 0 Å². The summed E-state index contributed by atoms with van der Waals surface area (Å²) >= 11 is 6.96. The number of nitrogens with zero attached hydrogens (tertiary/aromatic N) is 4. The van der Waals surface area contributed by atoms with Crippen molar-refractivity contribution in [1.29, 1.82) is 0 Å². The number of anilines is 2. The highest BCUT2D eigenvalue weighted by atomic mass is 35.5. The first kappa shape index (κ1) is 33.4. The number of nitrogens with one attached hydrogen (secondary N) is 2. The second-order valence-corrected chi connectivity index (χ2v) is 14.5. The van der Waals surface area contributed by atoms with Crippen LogP contribution in [0.3, 0.4) is 0 Å². The van der Waals surface area contributed by atoms with Crippen molar-refractivity contribution in [2.45, 2.75) is 84.3 Å². The highest BCUT2D eigenvalue weighted by Gasteiger charge is 2.28. The number of likely N-dealkylation sites (tertiary alicyclic amines) is 1. The number of carbonyl (C=O) groups is 2. The first-order chi connectivity index (χ1) is 23.7. The van der Waals surface area contributed by atoms with Gasteiger partial charge in [-0.3, -0.25) is 29.4 Å². The molecule has 7 rings (SSSR count). The second kappa shape index (κ2) is 14.4. The van der Waals surface area contributed by atoms with Crippen LogP contribution in [0.25, 0.3) is 11.1 Å². The largest absolute Gasteiger partial charge is 0.320 e. The number of hydrogen-bond donors (Lipinski definition) is 2. The van der Waals surface area contributed by atoms with E-state index in [0.29, 0.717) is 39.7 Å². The highest BCUT2D eigenvalue weighted by molar-refractivity contribution is 6.36. The number of halogens is 1. The van der Waals surface area contributed by atoms with E-state index in [1.807, 2.05) is 61.8 Å². The Morgan fingerprint density at radius 3 is 2.27 bits per heavy atom. The monoisotopic (exact) mass is 676 g/mol. The quantitative estimate of drug-likeness (QED) is 0.186. The molecule has 4 heterocycles. The normalized spacial score (nSPS) is 16.8. The van der Waals surface area contributed by atoms with Crippen LogP contribution in [-0.2, 0) is 19.5 Å². The molecule has 0 unspecified atom stereocenters. The lowest BCUT2D eigenvalue weighted by atomic mass is 9.98. The summed E-state index contributed by atoms with van der Waals surface area (Å²) < 4.78 is 0. The third-order valence-electron chi connectivity index (χ3n) is 10.3. The first-order valence-corrected chi connectivity index (χ1v) is 18.1. The molecule has 1 saturated carbocycles. The molecule has 8 nitrogen and oxygen atoms in total. The summed E-state index contributed by atoms with van der Waals surface area (Å²) in [6.45, 7) is 11.3. The van der Waals surface area contributed by atoms with Gasteiger partial charge in [-0.05, 0) is 130 Å². The van der Waals surface area contributed by atoms with Gasteiger partial charge >= 0.3 is 0 Å².